The van der Waals surface area contributed by atoms with Crippen LogP contribution in [0.3, 0.4) is 0 Å². The Morgan fingerprint density at radius 1 is 0.970 bits per heavy atom. The maximum Gasteiger partial charge on any atom is 0.411 e. The summed E-state index contributed by atoms with van der Waals surface area (Å²) in [5.41, 5.74) is 1.47. The highest BCUT2D eigenvalue weighted by Crippen LogP contribution is 2.19. The first-order valence-electron chi connectivity index (χ1n) is 10.8. The monoisotopic (exact) mass is 464 g/mol. The number of hydrogen-bond acceptors (Lipinski definition) is 4. The summed E-state index contributed by atoms with van der Waals surface area (Å²) in [4.78, 5) is 26.5. The molecular formula is C24H27F3N2O4. The van der Waals surface area contributed by atoms with Crippen LogP contribution in [0.15, 0.2) is 54.6 Å². The number of hydrogen-bond donors (Lipinski definition) is 1. The van der Waals surface area contributed by atoms with Crippen LogP contribution in [0.5, 0.6) is 5.75 Å². The first-order chi connectivity index (χ1) is 15.8. The van der Waals surface area contributed by atoms with Gasteiger partial charge >= 0.3 is 6.18 Å². The minimum Gasteiger partial charge on any atom is -0.484 e. The highest BCUT2D eigenvalue weighted by atomic mass is 19.4. The van der Waals surface area contributed by atoms with E-state index in [1.54, 1.807) is 41.3 Å². The number of ether oxygens (including phenoxy) is 2. The van der Waals surface area contributed by atoms with Gasteiger partial charge in [-0.05, 0) is 36.1 Å². The van der Waals surface area contributed by atoms with Crippen molar-refractivity contribution in [1.29, 1.82) is 0 Å². The van der Waals surface area contributed by atoms with Gasteiger partial charge in [0.15, 0.2) is 6.61 Å². The molecule has 1 aliphatic heterocycles. The second-order valence-electron chi connectivity index (χ2n) is 7.90. The summed E-state index contributed by atoms with van der Waals surface area (Å²) in [6.07, 6.45) is -3.18. The van der Waals surface area contributed by atoms with Crippen molar-refractivity contribution in [3.63, 3.8) is 0 Å². The summed E-state index contributed by atoms with van der Waals surface area (Å²) in [7, 11) is 0. The molecule has 178 valence electrons. The van der Waals surface area contributed by atoms with Crippen molar-refractivity contribution in [2.75, 3.05) is 26.3 Å². The van der Waals surface area contributed by atoms with Crippen molar-refractivity contribution < 1.29 is 32.2 Å². The quantitative estimate of drug-likeness (QED) is 0.615. The van der Waals surface area contributed by atoms with Crippen LogP contribution in [0.1, 0.15) is 24.0 Å². The van der Waals surface area contributed by atoms with Crippen LogP contribution in [0, 0.1) is 5.92 Å². The Morgan fingerprint density at radius 3 is 2.24 bits per heavy atom. The van der Waals surface area contributed by atoms with Gasteiger partial charge in [0.1, 0.15) is 12.4 Å². The lowest BCUT2D eigenvalue weighted by Crippen LogP contribution is -2.44. The summed E-state index contributed by atoms with van der Waals surface area (Å²) in [6, 6.07) is 16.0. The van der Waals surface area contributed by atoms with Crippen LogP contribution in [0.25, 0.3) is 0 Å². The van der Waals surface area contributed by atoms with Crippen LogP contribution >= 0.6 is 0 Å². The molecule has 2 aromatic rings. The number of rotatable bonds is 9. The number of nitrogens with one attached hydrogen (secondary N) is 1. The molecule has 1 aliphatic rings. The number of carbonyl (C=O) groups is 2. The predicted octanol–water partition coefficient (Wildman–Crippen LogP) is 3.70. The standard InChI is InChI=1S/C24H27F3N2O4/c25-24(26,27)17-32-15-19-8-6-18(7-9-19)14-28-23(31)20-10-12-29(13-11-20)22(30)16-33-21-4-2-1-3-5-21/h1-9,20H,10-17H2,(H,28,31). The number of carbonyl (C=O) groups excluding carboxylic acids is 2. The van der Waals surface area contributed by atoms with Crippen LogP contribution in [-0.2, 0) is 27.5 Å². The van der Waals surface area contributed by atoms with Gasteiger partial charge in [0.25, 0.3) is 5.91 Å². The molecule has 0 unspecified atom stereocenters. The van der Waals surface area contributed by atoms with Gasteiger partial charge in [-0.3, -0.25) is 9.59 Å². The molecule has 0 aliphatic carbocycles. The van der Waals surface area contributed by atoms with E-state index < -0.39 is 12.8 Å². The zero-order valence-electron chi connectivity index (χ0n) is 18.1. The van der Waals surface area contributed by atoms with Crippen molar-refractivity contribution in [1.82, 2.24) is 10.2 Å². The molecule has 1 heterocycles. The van der Waals surface area contributed by atoms with Crippen molar-refractivity contribution in [3.8, 4) is 5.75 Å². The fourth-order valence-corrected chi connectivity index (χ4v) is 3.52. The zero-order chi connectivity index (χ0) is 23.7. The number of benzene rings is 2. The fraction of sp³-hybridized carbons (Fsp3) is 0.417. The molecule has 0 aromatic heterocycles. The fourth-order valence-electron chi connectivity index (χ4n) is 3.52. The van der Waals surface area contributed by atoms with Crippen LogP contribution in [0.2, 0.25) is 0 Å². The summed E-state index contributed by atoms with van der Waals surface area (Å²) in [5.74, 6) is 0.304. The van der Waals surface area contributed by atoms with Gasteiger partial charge in [0.05, 0.1) is 6.61 Å². The van der Waals surface area contributed by atoms with Gasteiger partial charge in [-0.15, -0.1) is 0 Å². The van der Waals surface area contributed by atoms with E-state index >= 15 is 0 Å². The average Bonchev–Trinajstić information content (AvgIpc) is 2.82. The van der Waals surface area contributed by atoms with Crippen LogP contribution in [0.4, 0.5) is 13.2 Å². The smallest absolute Gasteiger partial charge is 0.411 e. The Labute approximate surface area is 190 Å². The number of likely N-dealkylation sites (tertiary alicyclic amines) is 1. The van der Waals surface area contributed by atoms with E-state index in [1.165, 1.54) is 0 Å². The second-order valence-corrected chi connectivity index (χ2v) is 7.90. The Kier molecular flexibility index (Phi) is 8.71. The van der Waals surface area contributed by atoms with Gasteiger partial charge in [-0.25, -0.2) is 0 Å². The molecule has 1 fully saturated rings. The molecule has 2 amide bonds. The molecule has 0 bridgehead atoms. The summed E-state index contributed by atoms with van der Waals surface area (Å²) < 4.78 is 46.5. The van der Waals surface area contributed by atoms with Gasteiger partial charge < -0.3 is 19.7 Å². The Morgan fingerprint density at radius 2 is 1.61 bits per heavy atom. The molecule has 33 heavy (non-hydrogen) atoms. The molecule has 0 saturated carbocycles. The number of alkyl halides is 3. The molecular weight excluding hydrogens is 437 g/mol. The summed E-state index contributed by atoms with van der Waals surface area (Å²) in [6.45, 7) is -0.108. The summed E-state index contributed by atoms with van der Waals surface area (Å²) in [5, 5.41) is 2.89. The third kappa shape index (κ3) is 8.42. The largest absolute Gasteiger partial charge is 0.484 e. The predicted molar refractivity (Wildman–Crippen MR) is 115 cm³/mol. The third-order valence-electron chi connectivity index (χ3n) is 5.35. The van der Waals surface area contributed by atoms with E-state index in [0.29, 0.717) is 43.8 Å². The number of nitrogens with zero attached hydrogens (tertiary/aromatic N) is 1. The van der Waals surface area contributed by atoms with E-state index in [2.05, 4.69) is 10.1 Å². The topological polar surface area (TPSA) is 67.9 Å². The van der Waals surface area contributed by atoms with E-state index in [9.17, 15) is 22.8 Å². The van der Waals surface area contributed by atoms with Gasteiger partial charge in [0.2, 0.25) is 5.91 Å². The van der Waals surface area contributed by atoms with Crippen molar-refractivity contribution in [2.45, 2.75) is 32.2 Å². The molecule has 0 radical (unpaired) electrons. The number of halogens is 3. The lowest BCUT2D eigenvalue weighted by Gasteiger charge is -2.31. The van der Waals surface area contributed by atoms with Gasteiger partial charge in [-0.2, -0.15) is 13.2 Å². The van der Waals surface area contributed by atoms with Crippen LogP contribution < -0.4 is 10.1 Å². The molecule has 1 N–H and O–H groups in total. The molecule has 9 heteroatoms. The Balaban J connectivity index is 1.35. The molecule has 6 nitrogen and oxygen atoms in total. The molecule has 1 saturated heterocycles. The lowest BCUT2D eigenvalue weighted by molar-refractivity contribution is -0.176. The lowest BCUT2D eigenvalue weighted by atomic mass is 9.95. The summed E-state index contributed by atoms with van der Waals surface area (Å²) >= 11 is 0. The molecule has 2 aromatic carbocycles. The average molecular weight is 464 g/mol. The van der Waals surface area contributed by atoms with Crippen molar-refractivity contribution >= 4 is 11.8 Å². The minimum atomic E-state index is -4.34. The SMILES string of the molecule is O=C(NCc1ccc(COCC(F)(F)F)cc1)C1CCN(C(=O)COc2ccccc2)CC1. The van der Waals surface area contributed by atoms with Gasteiger partial charge in [0, 0.05) is 25.6 Å². The minimum absolute atomic E-state index is 0.0296. The highest BCUT2D eigenvalue weighted by molar-refractivity contribution is 5.80. The number of amides is 2. The van der Waals surface area contributed by atoms with Crippen molar-refractivity contribution in [2.24, 2.45) is 5.92 Å². The maximum atomic E-state index is 12.5. The van der Waals surface area contributed by atoms with E-state index in [-0.39, 0.29) is 30.9 Å². The molecule has 0 atom stereocenters. The van der Waals surface area contributed by atoms with Gasteiger partial charge in [-0.1, -0.05) is 42.5 Å². The third-order valence-corrected chi connectivity index (χ3v) is 5.35. The Bertz CT molecular complexity index is 896. The molecule has 0 spiro atoms. The van der Waals surface area contributed by atoms with E-state index in [0.717, 1.165) is 5.56 Å². The first kappa shape index (κ1) is 24.6. The zero-order valence-corrected chi connectivity index (χ0v) is 18.1. The van der Waals surface area contributed by atoms with E-state index in [4.69, 9.17) is 4.74 Å². The second kappa shape index (κ2) is 11.7. The number of para-hydroxylation sites is 1. The Hall–Kier alpha value is -3.07. The number of piperidine rings is 1. The van der Waals surface area contributed by atoms with Crippen molar-refractivity contribution in [3.05, 3.63) is 65.7 Å². The van der Waals surface area contributed by atoms with E-state index in [1.807, 2.05) is 18.2 Å². The van der Waals surface area contributed by atoms with Crippen LogP contribution in [-0.4, -0.2) is 49.2 Å². The normalized spacial score (nSPS) is 14.7. The first-order valence-corrected chi connectivity index (χ1v) is 10.8. The highest BCUT2D eigenvalue weighted by Gasteiger charge is 2.28. The maximum absolute atomic E-state index is 12.5. The molecule has 3 rings (SSSR count).